The van der Waals surface area contributed by atoms with E-state index in [4.69, 9.17) is 18.9 Å². The molecular formula is C70H119NO8. The largest absolute Gasteiger partial charge is 0.545 e. The lowest BCUT2D eigenvalue weighted by Gasteiger charge is -2.26. The highest BCUT2D eigenvalue weighted by molar-refractivity contribution is 5.70. The van der Waals surface area contributed by atoms with Crippen molar-refractivity contribution in [1.82, 2.24) is 0 Å². The molecule has 0 bridgehead atoms. The first-order valence-corrected chi connectivity index (χ1v) is 32.0. The zero-order chi connectivity index (χ0) is 57.6. The minimum absolute atomic E-state index is 0.141. The van der Waals surface area contributed by atoms with E-state index < -0.39 is 24.3 Å². The molecule has 0 radical (unpaired) electrons. The number of carboxylic acid groups (broad SMARTS) is 1. The molecule has 0 saturated heterocycles. The zero-order valence-electron chi connectivity index (χ0n) is 51.5. The first-order valence-electron chi connectivity index (χ1n) is 32.0. The minimum Gasteiger partial charge on any atom is -0.545 e. The maximum Gasteiger partial charge on any atom is 0.306 e. The van der Waals surface area contributed by atoms with Crippen LogP contribution in [0, 0.1) is 0 Å². The normalized spacial score (nSPS) is 13.5. The Bertz CT molecular complexity index is 1660. The summed E-state index contributed by atoms with van der Waals surface area (Å²) < 4.78 is 22.7. The third-order valence-electron chi connectivity index (χ3n) is 13.5. The number of esters is 2. The van der Waals surface area contributed by atoms with Gasteiger partial charge in [0.25, 0.3) is 0 Å². The molecule has 0 heterocycles. The second kappa shape index (κ2) is 60.1. The number of rotatable bonds is 58. The van der Waals surface area contributed by atoms with E-state index in [9.17, 15) is 19.5 Å². The second-order valence-corrected chi connectivity index (χ2v) is 22.3. The average Bonchev–Trinajstić information content (AvgIpc) is 3.42. The van der Waals surface area contributed by atoms with E-state index in [2.05, 4.69) is 123 Å². The first kappa shape index (κ1) is 75.0. The van der Waals surface area contributed by atoms with Crippen LogP contribution in [0.3, 0.4) is 0 Å². The number of quaternary nitrogens is 1. The van der Waals surface area contributed by atoms with E-state index >= 15 is 0 Å². The van der Waals surface area contributed by atoms with Crippen LogP contribution in [0.1, 0.15) is 258 Å². The van der Waals surface area contributed by atoms with E-state index in [1.165, 1.54) is 128 Å². The van der Waals surface area contributed by atoms with Crippen molar-refractivity contribution >= 4 is 17.9 Å². The number of allylic oxidation sites excluding steroid dienone is 18. The molecule has 0 aromatic rings. The summed E-state index contributed by atoms with van der Waals surface area (Å²) in [7, 11) is 5.92. The molecule has 2 atom stereocenters. The number of nitrogens with zero attached hydrogens (tertiary/aromatic N) is 1. The highest BCUT2D eigenvalue weighted by atomic mass is 16.7. The maximum absolute atomic E-state index is 12.9. The van der Waals surface area contributed by atoms with E-state index in [1.54, 1.807) is 0 Å². The van der Waals surface area contributed by atoms with E-state index in [1.807, 2.05) is 21.1 Å². The Morgan fingerprint density at radius 1 is 0.392 bits per heavy atom. The standard InChI is InChI=1S/C70H119NO8/c1-6-8-10-12-14-16-18-20-22-24-26-28-29-30-31-32-33-34-35-36-37-38-39-41-43-45-47-49-51-53-55-57-59-61-68(73)79-66(65-78-70(69(74)75)76-63-62-71(3,4)5)64-77-67(72)60-58-56-54-52-50-48-46-44-42-40-27-25-23-21-19-17-15-13-11-9-7-2/h8,10,14,16,20,22,25-28,30-31,33-34,36-37,39,41,66,70H,6-7,9,11-13,15,17-19,21,23-24,29,32,35,38,40,42-65H2,1-5H3/b10-8-,16-14-,22-20-,27-25-,28-26-,31-30-,34-33-,37-36-,41-39-. The predicted molar refractivity (Wildman–Crippen MR) is 333 cm³/mol. The highest BCUT2D eigenvalue weighted by Gasteiger charge is 2.22. The molecule has 0 aromatic heterocycles. The van der Waals surface area contributed by atoms with Crippen molar-refractivity contribution in [3.8, 4) is 0 Å². The first-order chi connectivity index (χ1) is 38.6. The van der Waals surface area contributed by atoms with Crippen molar-refractivity contribution in [2.75, 3.05) is 47.5 Å². The van der Waals surface area contributed by atoms with Gasteiger partial charge in [0.05, 0.1) is 40.3 Å². The summed E-state index contributed by atoms with van der Waals surface area (Å²) in [6.07, 6.45) is 80.0. The number of carboxylic acids is 1. The van der Waals surface area contributed by atoms with Gasteiger partial charge in [-0.1, -0.05) is 252 Å². The van der Waals surface area contributed by atoms with Gasteiger partial charge in [-0.25, -0.2) is 0 Å². The molecule has 0 amide bonds. The van der Waals surface area contributed by atoms with Crippen LogP contribution in [0.4, 0.5) is 0 Å². The van der Waals surface area contributed by atoms with Gasteiger partial charge in [-0.15, -0.1) is 0 Å². The lowest BCUT2D eigenvalue weighted by atomic mass is 10.1. The number of hydrogen-bond acceptors (Lipinski definition) is 8. The molecule has 452 valence electrons. The predicted octanol–water partition coefficient (Wildman–Crippen LogP) is 18.1. The molecule has 79 heavy (non-hydrogen) atoms. The van der Waals surface area contributed by atoms with Gasteiger partial charge in [0, 0.05) is 12.8 Å². The van der Waals surface area contributed by atoms with Crippen LogP contribution in [-0.4, -0.2) is 82.3 Å². The summed E-state index contributed by atoms with van der Waals surface area (Å²) in [6.45, 7) is 4.63. The molecule has 0 spiro atoms. The number of aliphatic carboxylic acids is 1. The molecule has 9 heteroatoms. The molecule has 0 rings (SSSR count). The van der Waals surface area contributed by atoms with Gasteiger partial charge in [-0.3, -0.25) is 9.59 Å². The smallest absolute Gasteiger partial charge is 0.306 e. The Morgan fingerprint density at radius 2 is 0.722 bits per heavy atom. The summed E-state index contributed by atoms with van der Waals surface area (Å²) >= 11 is 0. The number of ether oxygens (including phenoxy) is 4. The van der Waals surface area contributed by atoms with Crippen molar-refractivity contribution in [3.63, 3.8) is 0 Å². The van der Waals surface area contributed by atoms with Crippen LogP contribution in [0.2, 0.25) is 0 Å². The molecule has 0 aliphatic rings. The van der Waals surface area contributed by atoms with Crippen LogP contribution in [0.25, 0.3) is 0 Å². The van der Waals surface area contributed by atoms with E-state index in [0.717, 1.165) is 96.3 Å². The Morgan fingerprint density at radius 3 is 1.09 bits per heavy atom. The fourth-order valence-electron chi connectivity index (χ4n) is 8.61. The second-order valence-electron chi connectivity index (χ2n) is 22.3. The third-order valence-corrected chi connectivity index (χ3v) is 13.5. The molecule has 0 fully saturated rings. The van der Waals surface area contributed by atoms with Gasteiger partial charge in [0.2, 0.25) is 0 Å². The fourth-order valence-corrected chi connectivity index (χ4v) is 8.61. The summed E-state index contributed by atoms with van der Waals surface area (Å²) in [5, 5.41) is 11.8. The van der Waals surface area contributed by atoms with E-state index in [-0.39, 0.29) is 38.6 Å². The van der Waals surface area contributed by atoms with Gasteiger partial charge in [0.15, 0.2) is 12.4 Å². The minimum atomic E-state index is -1.63. The van der Waals surface area contributed by atoms with Crippen LogP contribution in [-0.2, 0) is 33.3 Å². The number of likely N-dealkylation sites (N-methyl/N-ethyl adjacent to an activating group) is 1. The fraction of sp³-hybridized carbons (Fsp3) is 0.700. The molecule has 9 nitrogen and oxygen atoms in total. The number of carbonyl (C=O) groups is 3. The average molecular weight is 1100 g/mol. The van der Waals surface area contributed by atoms with Gasteiger partial charge >= 0.3 is 11.9 Å². The Kier molecular flexibility index (Phi) is 57.0. The van der Waals surface area contributed by atoms with Crippen LogP contribution in [0.15, 0.2) is 109 Å². The summed E-state index contributed by atoms with van der Waals surface area (Å²) in [5.41, 5.74) is 0. The molecule has 0 saturated carbocycles. The number of carbonyl (C=O) groups excluding carboxylic acids is 3. The van der Waals surface area contributed by atoms with Crippen molar-refractivity contribution in [2.45, 2.75) is 270 Å². The van der Waals surface area contributed by atoms with Crippen molar-refractivity contribution in [2.24, 2.45) is 0 Å². The monoisotopic (exact) mass is 1100 g/mol. The molecule has 0 aliphatic heterocycles. The van der Waals surface area contributed by atoms with Crippen LogP contribution < -0.4 is 5.11 Å². The molecule has 0 aliphatic carbocycles. The summed E-state index contributed by atoms with van der Waals surface area (Å²) in [6, 6.07) is 0. The number of hydrogen-bond donors (Lipinski definition) is 0. The Balaban J connectivity index is 4.23. The van der Waals surface area contributed by atoms with Gasteiger partial charge < -0.3 is 33.3 Å². The van der Waals surface area contributed by atoms with Gasteiger partial charge in [0.1, 0.15) is 13.2 Å². The van der Waals surface area contributed by atoms with Gasteiger partial charge in [-0.05, 0) is 103 Å². The topological polar surface area (TPSA) is 111 Å². The summed E-state index contributed by atoms with van der Waals surface area (Å²) in [5.74, 6) is -2.30. The molecule has 2 unspecified atom stereocenters. The van der Waals surface area contributed by atoms with Crippen molar-refractivity contribution < 1.29 is 42.9 Å². The highest BCUT2D eigenvalue weighted by Crippen LogP contribution is 2.16. The molecule has 0 aromatic carbocycles. The maximum atomic E-state index is 12.9. The summed E-state index contributed by atoms with van der Waals surface area (Å²) in [4.78, 5) is 37.4. The zero-order valence-corrected chi connectivity index (χ0v) is 51.5. The SMILES string of the molecule is CC/C=C\C/C=C\C/C=C\C/C=C\C/C=C\C/C=C\C/C=C\C/C=C\CCCCCCCCCCC(=O)OC(COC(=O)CCCCCCCCCCC/C=C\CCCCCCCCCC)COC(OCC[N+](C)(C)C)C(=O)[O-]. The lowest BCUT2D eigenvalue weighted by molar-refractivity contribution is -0.870. The molecule has 0 N–H and O–H groups in total. The Labute approximate surface area is 485 Å². The van der Waals surface area contributed by atoms with Crippen molar-refractivity contribution in [1.29, 1.82) is 0 Å². The van der Waals surface area contributed by atoms with Gasteiger partial charge in [-0.2, -0.15) is 0 Å². The lowest BCUT2D eigenvalue weighted by Crippen LogP contribution is -2.44. The van der Waals surface area contributed by atoms with Crippen LogP contribution >= 0.6 is 0 Å². The Hall–Kier alpha value is -4.05. The van der Waals surface area contributed by atoms with E-state index in [0.29, 0.717) is 17.4 Å². The van der Waals surface area contributed by atoms with Crippen LogP contribution in [0.5, 0.6) is 0 Å². The quantitative estimate of drug-likeness (QED) is 0.0195. The number of unbranched alkanes of at least 4 members (excludes halogenated alkanes) is 25. The third kappa shape index (κ3) is 61.4. The molecular weight excluding hydrogens is 983 g/mol. The van der Waals surface area contributed by atoms with Crippen molar-refractivity contribution in [3.05, 3.63) is 109 Å².